The van der Waals surface area contributed by atoms with Gasteiger partial charge in [0, 0.05) is 15.9 Å². The molecule has 1 amide bonds. The van der Waals surface area contributed by atoms with Gasteiger partial charge in [-0.15, -0.1) is 0 Å². The quantitative estimate of drug-likeness (QED) is 0.454. The third-order valence-electron chi connectivity index (χ3n) is 4.64. The summed E-state index contributed by atoms with van der Waals surface area (Å²) < 4.78 is 27.7. The number of primary sulfonamides is 1. The average molecular weight is 467 g/mol. The maximum Gasteiger partial charge on any atom is 0.331 e. The number of fused-ring (bicyclic) bond motifs is 2. The summed E-state index contributed by atoms with van der Waals surface area (Å²) in [6.07, 6.45) is 2.63. The molecule has 0 saturated heterocycles. The molecule has 32 heavy (non-hydrogen) atoms. The Morgan fingerprint density at radius 1 is 0.906 bits per heavy atom. The zero-order chi connectivity index (χ0) is 22.7. The number of anilines is 2. The fourth-order valence-electron chi connectivity index (χ4n) is 3.15. The molecule has 1 aliphatic heterocycles. The lowest BCUT2D eigenvalue weighted by Crippen LogP contribution is -2.32. The number of benzene rings is 3. The van der Waals surface area contributed by atoms with Crippen molar-refractivity contribution in [3.8, 4) is 0 Å². The molecule has 0 aromatic heterocycles. The number of amides is 1. The first-order chi connectivity index (χ1) is 15.3. The Hall–Kier alpha value is -3.40. The van der Waals surface area contributed by atoms with E-state index in [0.29, 0.717) is 5.56 Å². The first-order valence-electron chi connectivity index (χ1n) is 9.49. The highest BCUT2D eigenvalue weighted by Crippen LogP contribution is 2.47. The molecule has 0 fully saturated rings. The molecule has 3 aromatic rings. The van der Waals surface area contributed by atoms with E-state index in [9.17, 15) is 18.0 Å². The highest BCUT2D eigenvalue weighted by atomic mass is 32.2. The molecule has 7 nitrogen and oxygen atoms in total. The summed E-state index contributed by atoms with van der Waals surface area (Å²) >= 11 is 1.58. The fraction of sp³-hybridized carbons (Fsp3) is 0.0435. The molecule has 162 valence electrons. The van der Waals surface area contributed by atoms with Gasteiger partial charge in [0.2, 0.25) is 10.0 Å². The second kappa shape index (κ2) is 8.99. The van der Waals surface area contributed by atoms with E-state index in [0.717, 1.165) is 21.2 Å². The van der Waals surface area contributed by atoms with Gasteiger partial charge in [-0.1, -0.05) is 48.2 Å². The summed E-state index contributed by atoms with van der Waals surface area (Å²) in [5.41, 5.74) is 2.06. The van der Waals surface area contributed by atoms with Crippen LogP contribution in [0.2, 0.25) is 0 Å². The van der Waals surface area contributed by atoms with Crippen LogP contribution in [0.1, 0.15) is 5.56 Å². The molecule has 0 unspecified atom stereocenters. The van der Waals surface area contributed by atoms with E-state index in [-0.39, 0.29) is 10.8 Å². The summed E-state index contributed by atoms with van der Waals surface area (Å²) in [5, 5.41) is 5.06. The Labute approximate surface area is 189 Å². The van der Waals surface area contributed by atoms with Crippen molar-refractivity contribution < 1.29 is 22.7 Å². The van der Waals surface area contributed by atoms with Gasteiger partial charge in [-0.3, -0.25) is 9.69 Å². The van der Waals surface area contributed by atoms with E-state index in [1.54, 1.807) is 16.7 Å². The van der Waals surface area contributed by atoms with Gasteiger partial charge in [0.25, 0.3) is 5.91 Å². The standard InChI is InChI=1S/C23H18N2O5S2/c24-32(28,29)17-12-9-16(10-13-17)11-14-23(27)30-15-22(26)25-18-5-1-3-7-20(18)31-21-8-4-2-6-19(21)25/h1-14H,15H2,(H2,24,28,29)/b14-11+. The van der Waals surface area contributed by atoms with Gasteiger partial charge in [0.05, 0.1) is 16.3 Å². The smallest absolute Gasteiger partial charge is 0.331 e. The first-order valence-corrected chi connectivity index (χ1v) is 11.9. The van der Waals surface area contributed by atoms with Crippen molar-refractivity contribution in [2.75, 3.05) is 11.5 Å². The molecule has 1 heterocycles. The van der Waals surface area contributed by atoms with E-state index in [4.69, 9.17) is 9.88 Å². The second-order valence-electron chi connectivity index (χ2n) is 6.82. The molecule has 9 heteroatoms. The average Bonchev–Trinajstić information content (AvgIpc) is 2.79. The van der Waals surface area contributed by atoms with Crippen molar-refractivity contribution in [1.82, 2.24) is 0 Å². The monoisotopic (exact) mass is 466 g/mol. The van der Waals surface area contributed by atoms with Gasteiger partial charge < -0.3 is 4.74 Å². The second-order valence-corrected chi connectivity index (χ2v) is 9.47. The summed E-state index contributed by atoms with van der Waals surface area (Å²) in [5.74, 6) is -1.06. The zero-order valence-electron chi connectivity index (χ0n) is 16.7. The van der Waals surface area contributed by atoms with Gasteiger partial charge >= 0.3 is 5.97 Å². The molecule has 0 spiro atoms. The number of hydrogen-bond acceptors (Lipinski definition) is 6. The molecule has 0 aliphatic carbocycles. The van der Waals surface area contributed by atoms with E-state index in [2.05, 4.69) is 0 Å². The largest absolute Gasteiger partial charge is 0.452 e. The Bertz CT molecular complexity index is 1270. The molecule has 2 N–H and O–H groups in total. The van der Waals surface area contributed by atoms with E-state index < -0.39 is 22.6 Å². The zero-order valence-corrected chi connectivity index (χ0v) is 18.3. The van der Waals surface area contributed by atoms with Gasteiger partial charge in [-0.05, 0) is 48.0 Å². The van der Waals surface area contributed by atoms with Crippen molar-refractivity contribution >= 4 is 51.1 Å². The molecule has 0 saturated carbocycles. The number of hydrogen-bond donors (Lipinski definition) is 1. The van der Waals surface area contributed by atoms with Crippen molar-refractivity contribution in [3.05, 3.63) is 84.4 Å². The van der Waals surface area contributed by atoms with Gasteiger partial charge in [0.15, 0.2) is 6.61 Å². The SMILES string of the molecule is NS(=O)(=O)c1ccc(/C=C/C(=O)OCC(=O)N2c3ccccc3Sc3ccccc32)cc1. The van der Waals surface area contributed by atoms with Crippen LogP contribution in [0.5, 0.6) is 0 Å². The number of esters is 1. The molecule has 0 radical (unpaired) electrons. The predicted molar refractivity (Wildman–Crippen MR) is 122 cm³/mol. The van der Waals surface area contributed by atoms with Crippen molar-refractivity contribution in [1.29, 1.82) is 0 Å². The molecule has 4 rings (SSSR count). The van der Waals surface area contributed by atoms with E-state index in [1.165, 1.54) is 36.4 Å². The van der Waals surface area contributed by atoms with Crippen LogP contribution in [-0.4, -0.2) is 26.9 Å². The number of nitrogens with two attached hydrogens (primary N) is 1. The molecule has 0 atom stereocenters. The van der Waals surface area contributed by atoms with Crippen molar-refractivity contribution in [3.63, 3.8) is 0 Å². The number of sulfonamides is 1. The number of ether oxygens (including phenoxy) is 1. The molecule has 0 bridgehead atoms. The van der Waals surface area contributed by atoms with Gasteiger partial charge in [-0.2, -0.15) is 0 Å². The predicted octanol–water partition coefficient (Wildman–Crippen LogP) is 3.72. The van der Waals surface area contributed by atoms with Crippen LogP contribution in [0, 0.1) is 0 Å². The maximum absolute atomic E-state index is 13.0. The third kappa shape index (κ3) is 4.75. The summed E-state index contributed by atoms with van der Waals surface area (Å²) in [7, 11) is -3.78. The summed E-state index contributed by atoms with van der Waals surface area (Å²) in [6, 6.07) is 20.8. The topological polar surface area (TPSA) is 107 Å². The molecule has 3 aromatic carbocycles. The number of nitrogens with zero attached hydrogens (tertiary/aromatic N) is 1. The van der Waals surface area contributed by atoms with Gasteiger partial charge in [0.1, 0.15) is 0 Å². The normalized spacial score (nSPS) is 12.8. The van der Waals surface area contributed by atoms with Crippen LogP contribution in [0.3, 0.4) is 0 Å². The Morgan fingerprint density at radius 3 is 2.03 bits per heavy atom. The number of para-hydroxylation sites is 2. The number of rotatable bonds is 5. The van der Waals surface area contributed by atoms with Crippen molar-refractivity contribution in [2.24, 2.45) is 5.14 Å². The molecule has 1 aliphatic rings. The fourth-order valence-corrected chi connectivity index (χ4v) is 4.73. The van der Waals surface area contributed by atoms with Crippen molar-refractivity contribution in [2.45, 2.75) is 14.7 Å². The van der Waals surface area contributed by atoms with Crippen LogP contribution < -0.4 is 10.0 Å². The Morgan fingerprint density at radius 2 is 1.47 bits per heavy atom. The van der Waals surface area contributed by atoms with Crippen LogP contribution in [-0.2, 0) is 24.3 Å². The minimum atomic E-state index is -3.78. The van der Waals surface area contributed by atoms with Gasteiger partial charge in [-0.25, -0.2) is 18.4 Å². The highest BCUT2D eigenvalue weighted by Gasteiger charge is 2.28. The number of carbonyl (C=O) groups excluding carboxylic acids is 2. The summed E-state index contributed by atoms with van der Waals surface area (Å²) in [4.78, 5) is 28.5. The van der Waals surface area contributed by atoms with E-state index in [1.807, 2.05) is 48.5 Å². The molecular formula is C23H18N2O5S2. The minimum Gasteiger partial charge on any atom is -0.452 e. The highest BCUT2D eigenvalue weighted by molar-refractivity contribution is 7.99. The third-order valence-corrected chi connectivity index (χ3v) is 6.70. The minimum absolute atomic E-state index is 0.0249. The lowest BCUT2D eigenvalue weighted by atomic mass is 10.2. The first kappa shape index (κ1) is 21.8. The maximum atomic E-state index is 13.0. The van der Waals surface area contributed by atoms with E-state index >= 15 is 0 Å². The molecular weight excluding hydrogens is 448 g/mol. The van der Waals surface area contributed by atoms with Crippen LogP contribution in [0.15, 0.2) is 93.6 Å². The van der Waals surface area contributed by atoms with Crippen LogP contribution >= 0.6 is 11.8 Å². The lowest BCUT2D eigenvalue weighted by Gasteiger charge is -2.30. The summed E-state index contributed by atoms with van der Waals surface area (Å²) in [6.45, 7) is -0.430. The Kier molecular flexibility index (Phi) is 6.13. The number of carbonyl (C=O) groups is 2. The Balaban J connectivity index is 1.44. The van der Waals surface area contributed by atoms with Crippen LogP contribution in [0.25, 0.3) is 6.08 Å². The van der Waals surface area contributed by atoms with Crippen LogP contribution in [0.4, 0.5) is 11.4 Å². The lowest BCUT2D eigenvalue weighted by molar-refractivity contribution is -0.142.